The van der Waals surface area contributed by atoms with E-state index in [9.17, 15) is 18.0 Å². The molecule has 1 amide bonds. The minimum Gasteiger partial charge on any atom is -0.443 e. The standard InChI is InChI=1S/C27H35N3O6S/c1-27(2,3)36-26(32)30-23-12-9-8-11-21(23)19-24(30)20-14-16-22(17-15-20)29-37(34,35)18-10-6-4-5-7-13-25(31)28-33/h8-9,11-12,14-17,19,29,33H,4-7,10,13,18H2,1-3H3,(H,28,31). The van der Waals surface area contributed by atoms with Crippen molar-refractivity contribution in [3.8, 4) is 11.3 Å². The lowest BCUT2D eigenvalue weighted by Crippen LogP contribution is -2.27. The summed E-state index contributed by atoms with van der Waals surface area (Å²) >= 11 is 0. The minimum absolute atomic E-state index is 0.00123. The van der Waals surface area contributed by atoms with Gasteiger partial charge in [-0.2, -0.15) is 0 Å². The van der Waals surface area contributed by atoms with E-state index in [1.165, 1.54) is 4.57 Å². The van der Waals surface area contributed by atoms with Crippen LogP contribution in [0.25, 0.3) is 22.2 Å². The molecule has 10 heteroatoms. The zero-order chi connectivity index (χ0) is 27.1. The summed E-state index contributed by atoms with van der Waals surface area (Å²) in [6, 6.07) is 16.4. The number of hydrogen-bond donors (Lipinski definition) is 3. The number of fused-ring (bicyclic) bond motifs is 1. The number of aromatic nitrogens is 1. The highest BCUT2D eigenvalue weighted by Crippen LogP contribution is 2.30. The van der Waals surface area contributed by atoms with Crippen molar-refractivity contribution in [1.82, 2.24) is 10.0 Å². The largest absolute Gasteiger partial charge is 0.443 e. The van der Waals surface area contributed by atoms with Gasteiger partial charge < -0.3 is 4.74 Å². The first-order valence-corrected chi connectivity index (χ1v) is 14.0. The molecule has 0 saturated carbocycles. The Balaban J connectivity index is 1.64. The summed E-state index contributed by atoms with van der Waals surface area (Å²) < 4.78 is 34.8. The van der Waals surface area contributed by atoms with Gasteiger partial charge in [-0.3, -0.25) is 14.7 Å². The first-order valence-electron chi connectivity index (χ1n) is 12.4. The van der Waals surface area contributed by atoms with Gasteiger partial charge in [-0.05, 0) is 63.4 Å². The van der Waals surface area contributed by atoms with Crippen LogP contribution in [0.4, 0.5) is 10.5 Å². The number of unbranched alkanes of at least 4 members (excludes halogenated alkanes) is 4. The number of benzene rings is 2. The molecule has 9 nitrogen and oxygen atoms in total. The first-order chi connectivity index (χ1) is 17.5. The number of ether oxygens (including phenoxy) is 1. The lowest BCUT2D eigenvalue weighted by atomic mass is 10.1. The second kappa shape index (κ2) is 12.2. The molecule has 2 aromatic carbocycles. The summed E-state index contributed by atoms with van der Waals surface area (Å²) in [5.41, 5.74) is 3.52. The molecule has 0 aliphatic carbocycles. The van der Waals surface area contributed by atoms with Crippen molar-refractivity contribution >= 4 is 38.6 Å². The van der Waals surface area contributed by atoms with Crippen molar-refractivity contribution in [2.75, 3.05) is 10.5 Å². The van der Waals surface area contributed by atoms with Gasteiger partial charge in [-0.1, -0.05) is 49.6 Å². The van der Waals surface area contributed by atoms with Crippen molar-refractivity contribution in [3.63, 3.8) is 0 Å². The number of sulfonamides is 1. The van der Waals surface area contributed by atoms with Crippen LogP contribution in [0.2, 0.25) is 0 Å². The molecule has 0 aliphatic rings. The zero-order valence-corrected chi connectivity index (χ0v) is 22.3. The summed E-state index contributed by atoms with van der Waals surface area (Å²) in [6.45, 7) is 5.45. The summed E-state index contributed by atoms with van der Waals surface area (Å²) in [7, 11) is -3.51. The van der Waals surface area contributed by atoms with Crippen LogP contribution in [-0.2, 0) is 19.6 Å². The maximum atomic E-state index is 13.0. The second-order valence-electron chi connectivity index (χ2n) is 9.96. The van der Waals surface area contributed by atoms with E-state index in [2.05, 4.69) is 4.72 Å². The van der Waals surface area contributed by atoms with Crippen molar-refractivity contribution in [2.45, 2.75) is 64.9 Å². The topological polar surface area (TPSA) is 127 Å². The molecule has 3 aromatic rings. The molecular formula is C27H35N3O6S. The number of para-hydroxylation sites is 1. The number of nitrogens with zero attached hydrogens (tertiary/aromatic N) is 1. The van der Waals surface area contributed by atoms with Crippen LogP contribution in [0, 0.1) is 0 Å². The molecule has 37 heavy (non-hydrogen) atoms. The molecule has 3 rings (SSSR count). The van der Waals surface area contributed by atoms with E-state index in [1.54, 1.807) is 29.7 Å². The highest BCUT2D eigenvalue weighted by molar-refractivity contribution is 7.92. The van der Waals surface area contributed by atoms with E-state index in [0.717, 1.165) is 35.7 Å². The highest BCUT2D eigenvalue weighted by atomic mass is 32.2. The smallest absolute Gasteiger partial charge is 0.419 e. The molecule has 1 aromatic heterocycles. The number of nitrogens with one attached hydrogen (secondary N) is 2. The predicted molar refractivity (Wildman–Crippen MR) is 144 cm³/mol. The van der Waals surface area contributed by atoms with Gasteiger partial charge in [0.2, 0.25) is 15.9 Å². The van der Waals surface area contributed by atoms with Gasteiger partial charge >= 0.3 is 6.09 Å². The molecule has 0 atom stereocenters. The summed E-state index contributed by atoms with van der Waals surface area (Å²) in [4.78, 5) is 24.0. The Hall–Kier alpha value is -3.37. The monoisotopic (exact) mass is 529 g/mol. The number of anilines is 1. The van der Waals surface area contributed by atoms with E-state index < -0.39 is 27.6 Å². The fourth-order valence-electron chi connectivity index (χ4n) is 3.98. The molecule has 0 aliphatic heterocycles. The zero-order valence-electron chi connectivity index (χ0n) is 21.5. The molecule has 0 spiro atoms. The van der Waals surface area contributed by atoms with Crippen LogP contribution >= 0.6 is 0 Å². The Bertz CT molecular complexity index is 1320. The molecule has 200 valence electrons. The number of rotatable bonds is 11. The molecule has 0 radical (unpaired) electrons. The van der Waals surface area contributed by atoms with Gasteiger partial charge in [0, 0.05) is 17.5 Å². The molecule has 0 unspecified atom stereocenters. The third kappa shape index (κ3) is 8.33. The van der Waals surface area contributed by atoms with Gasteiger partial charge in [-0.25, -0.2) is 23.3 Å². The maximum absolute atomic E-state index is 13.0. The molecule has 3 N–H and O–H groups in total. The van der Waals surface area contributed by atoms with E-state index in [4.69, 9.17) is 9.94 Å². The first kappa shape index (κ1) is 28.2. The predicted octanol–water partition coefficient (Wildman–Crippen LogP) is 5.68. The summed E-state index contributed by atoms with van der Waals surface area (Å²) in [5.74, 6) is -0.414. The van der Waals surface area contributed by atoms with Gasteiger partial charge in [0.25, 0.3) is 0 Å². The lowest BCUT2D eigenvalue weighted by molar-refractivity contribution is -0.129. The molecule has 0 fully saturated rings. The number of amides is 1. The number of carbonyl (C=O) groups excluding carboxylic acids is 2. The van der Waals surface area contributed by atoms with Crippen LogP contribution in [0.1, 0.15) is 59.3 Å². The van der Waals surface area contributed by atoms with Crippen molar-refractivity contribution in [3.05, 3.63) is 54.6 Å². The van der Waals surface area contributed by atoms with Crippen molar-refractivity contribution < 1.29 is 28.0 Å². The van der Waals surface area contributed by atoms with Crippen molar-refractivity contribution in [2.24, 2.45) is 0 Å². The van der Waals surface area contributed by atoms with Crippen LogP contribution in [-0.4, -0.2) is 41.5 Å². The van der Waals surface area contributed by atoms with E-state index in [1.807, 2.05) is 51.1 Å². The molecule has 1 heterocycles. The quantitative estimate of drug-likeness (QED) is 0.167. The molecular weight excluding hydrogens is 494 g/mol. The number of carbonyl (C=O) groups is 2. The van der Waals surface area contributed by atoms with E-state index >= 15 is 0 Å². The van der Waals surface area contributed by atoms with Gasteiger partial charge in [0.05, 0.1) is 17.0 Å². The Labute approximate surface area is 217 Å². The van der Waals surface area contributed by atoms with Crippen LogP contribution < -0.4 is 10.2 Å². The number of hydroxylamine groups is 1. The van der Waals surface area contributed by atoms with Crippen molar-refractivity contribution in [1.29, 1.82) is 0 Å². The van der Waals surface area contributed by atoms with E-state index in [-0.39, 0.29) is 12.2 Å². The highest BCUT2D eigenvalue weighted by Gasteiger charge is 2.23. The van der Waals surface area contributed by atoms with Gasteiger partial charge in [0.15, 0.2) is 0 Å². The fourth-order valence-corrected chi connectivity index (χ4v) is 5.16. The van der Waals surface area contributed by atoms with Crippen LogP contribution in [0.3, 0.4) is 0 Å². The third-order valence-electron chi connectivity index (χ3n) is 5.68. The van der Waals surface area contributed by atoms with Crippen LogP contribution in [0.5, 0.6) is 0 Å². The van der Waals surface area contributed by atoms with E-state index in [0.29, 0.717) is 24.2 Å². The second-order valence-corrected chi connectivity index (χ2v) is 11.8. The Morgan fingerprint density at radius 1 is 0.946 bits per heavy atom. The SMILES string of the molecule is CC(C)(C)OC(=O)n1c(-c2ccc(NS(=O)(=O)CCCCCCCC(=O)NO)cc2)cc2ccccc21. The summed E-state index contributed by atoms with van der Waals surface area (Å²) in [6.07, 6.45) is 3.27. The molecule has 0 saturated heterocycles. The Morgan fingerprint density at radius 3 is 2.27 bits per heavy atom. The third-order valence-corrected chi connectivity index (χ3v) is 7.06. The van der Waals surface area contributed by atoms with Gasteiger partial charge in [0.1, 0.15) is 5.60 Å². The molecule has 0 bridgehead atoms. The maximum Gasteiger partial charge on any atom is 0.419 e. The minimum atomic E-state index is -3.51. The van der Waals surface area contributed by atoms with Gasteiger partial charge in [-0.15, -0.1) is 0 Å². The summed E-state index contributed by atoms with van der Waals surface area (Å²) in [5, 5.41) is 9.36. The van der Waals surface area contributed by atoms with Crippen LogP contribution in [0.15, 0.2) is 54.6 Å². The normalized spacial score (nSPS) is 11.9. The average molecular weight is 530 g/mol. The number of hydrogen-bond acceptors (Lipinski definition) is 6. The lowest BCUT2D eigenvalue weighted by Gasteiger charge is -2.21. The Kier molecular flexibility index (Phi) is 9.34. The fraction of sp³-hybridized carbons (Fsp3) is 0.407. The average Bonchev–Trinajstić information content (AvgIpc) is 3.22. The Morgan fingerprint density at radius 2 is 1.59 bits per heavy atom.